The van der Waals surface area contributed by atoms with Gasteiger partial charge in [-0.2, -0.15) is 0 Å². The van der Waals surface area contributed by atoms with Gasteiger partial charge in [0.05, 0.1) is 10.7 Å². The zero-order valence-electron chi connectivity index (χ0n) is 12.4. The maximum atomic E-state index is 6.18. The predicted octanol–water partition coefficient (Wildman–Crippen LogP) is 5.59. The van der Waals surface area contributed by atoms with Gasteiger partial charge in [-0.15, -0.1) is 0 Å². The minimum Gasteiger partial charge on any atom is -0.344 e. The lowest BCUT2D eigenvalue weighted by atomic mass is 10.1. The van der Waals surface area contributed by atoms with Crippen molar-refractivity contribution in [3.05, 3.63) is 28.2 Å². The number of anilines is 1. The maximum Gasteiger partial charge on any atom is 0.173 e. The Balaban J connectivity index is 2.90. The van der Waals surface area contributed by atoms with Crippen molar-refractivity contribution in [1.82, 2.24) is 4.90 Å². The highest BCUT2D eigenvalue weighted by Gasteiger charge is 2.21. The third-order valence-corrected chi connectivity index (χ3v) is 4.40. The molecule has 0 aliphatic rings. The van der Waals surface area contributed by atoms with Crippen LogP contribution in [0.4, 0.5) is 5.69 Å². The van der Waals surface area contributed by atoms with Crippen LogP contribution in [0.5, 0.6) is 0 Å². The van der Waals surface area contributed by atoms with Crippen LogP contribution < -0.4 is 5.32 Å². The molecular formula is C15H22Cl2N2S. The quantitative estimate of drug-likeness (QED) is 0.707. The molecule has 0 amide bonds. The molecule has 0 fully saturated rings. The van der Waals surface area contributed by atoms with E-state index in [9.17, 15) is 0 Å². The third kappa shape index (κ3) is 4.51. The first-order valence-electron chi connectivity index (χ1n) is 6.95. The largest absolute Gasteiger partial charge is 0.344 e. The maximum absolute atomic E-state index is 6.18. The molecule has 1 aromatic rings. The number of thiocarbonyl (C=S) groups is 1. The molecule has 5 heteroatoms. The molecule has 2 atom stereocenters. The van der Waals surface area contributed by atoms with Gasteiger partial charge in [0, 0.05) is 17.1 Å². The minimum absolute atomic E-state index is 0.385. The molecule has 0 aromatic heterocycles. The molecule has 1 rings (SSSR count). The van der Waals surface area contributed by atoms with E-state index in [1.807, 2.05) is 6.07 Å². The number of nitrogens with zero attached hydrogens (tertiary/aromatic N) is 1. The Morgan fingerprint density at radius 2 is 1.75 bits per heavy atom. The van der Waals surface area contributed by atoms with Gasteiger partial charge in [-0.3, -0.25) is 0 Å². The minimum atomic E-state index is 0.385. The summed E-state index contributed by atoms with van der Waals surface area (Å²) in [5, 5.41) is 5.14. The Kier molecular flexibility index (Phi) is 7.07. The first-order chi connectivity index (χ1) is 9.40. The number of benzene rings is 1. The average molecular weight is 333 g/mol. The summed E-state index contributed by atoms with van der Waals surface area (Å²) < 4.78 is 0. The van der Waals surface area contributed by atoms with Crippen LogP contribution in [0, 0.1) is 0 Å². The second kappa shape index (κ2) is 8.06. The molecule has 112 valence electrons. The summed E-state index contributed by atoms with van der Waals surface area (Å²) >= 11 is 17.6. The number of hydrogen-bond acceptors (Lipinski definition) is 1. The SMILES string of the molecule is CCC(C)N(C(=S)Nc1ccc(Cl)cc1Cl)C(C)CC. The van der Waals surface area contributed by atoms with E-state index >= 15 is 0 Å². The van der Waals surface area contributed by atoms with Crippen molar-refractivity contribution in [2.45, 2.75) is 52.6 Å². The van der Waals surface area contributed by atoms with E-state index in [2.05, 4.69) is 37.9 Å². The fourth-order valence-corrected chi connectivity index (χ4v) is 2.92. The van der Waals surface area contributed by atoms with Gasteiger partial charge in [0.2, 0.25) is 0 Å². The Labute approximate surface area is 137 Å². The van der Waals surface area contributed by atoms with Crippen molar-refractivity contribution in [3.63, 3.8) is 0 Å². The molecule has 0 radical (unpaired) electrons. The smallest absolute Gasteiger partial charge is 0.173 e. The zero-order chi connectivity index (χ0) is 15.3. The Morgan fingerprint density at radius 3 is 2.20 bits per heavy atom. The average Bonchev–Trinajstić information content (AvgIpc) is 2.41. The Bertz CT molecular complexity index is 455. The molecular weight excluding hydrogens is 311 g/mol. The van der Waals surface area contributed by atoms with E-state index < -0.39 is 0 Å². The van der Waals surface area contributed by atoms with Crippen molar-refractivity contribution in [2.24, 2.45) is 0 Å². The first-order valence-corrected chi connectivity index (χ1v) is 8.11. The van der Waals surface area contributed by atoms with Crippen LogP contribution in [-0.2, 0) is 0 Å². The molecule has 0 bridgehead atoms. The van der Waals surface area contributed by atoms with Gasteiger partial charge in [-0.1, -0.05) is 37.0 Å². The normalized spacial score (nSPS) is 13.7. The van der Waals surface area contributed by atoms with E-state index in [0.29, 0.717) is 27.2 Å². The lowest BCUT2D eigenvalue weighted by molar-refractivity contribution is 0.254. The van der Waals surface area contributed by atoms with Crippen LogP contribution in [0.15, 0.2) is 18.2 Å². The van der Waals surface area contributed by atoms with Gasteiger partial charge < -0.3 is 10.2 Å². The van der Waals surface area contributed by atoms with Gasteiger partial charge in [-0.05, 0) is 57.1 Å². The summed E-state index contributed by atoms with van der Waals surface area (Å²) in [5.41, 5.74) is 0.790. The molecule has 2 nitrogen and oxygen atoms in total. The van der Waals surface area contributed by atoms with E-state index in [1.54, 1.807) is 12.1 Å². The van der Waals surface area contributed by atoms with Crippen LogP contribution in [0.1, 0.15) is 40.5 Å². The molecule has 0 heterocycles. The van der Waals surface area contributed by atoms with Crippen LogP contribution >= 0.6 is 35.4 Å². The number of hydrogen-bond donors (Lipinski definition) is 1. The third-order valence-electron chi connectivity index (χ3n) is 3.54. The lowest BCUT2D eigenvalue weighted by Crippen LogP contribution is -2.46. The van der Waals surface area contributed by atoms with E-state index in [-0.39, 0.29) is 0 Å². The van der Waals surface area contributed by atoms with Gasteiger partial charge in [-0.25, -0.2) is 0 Å². The zero-order valence-corrected chi connectivity index (χ0v) is 14.7. The van der Waals surface area contributed by atoms with Crippen LogP contribution in [0.2, 0.25) is 10.0 Å². The standard InChI is InChI=1S/C15H22Cl2N2S/c1-5-10(3)19(11(4)6-2)15(20)18-14-8-7-12(16)9-13(14)17/h7-11H,5-6H2,1-4H3,(H,18,20). The van der Waals surface area contributed by atoms with E-state index in [1.165, 1.54) is 0 Å². The number of nitrogens with one attached hydrogen (secondary N) is 1. The second-order valence-corrected chi connectivity index (χ2v) is 6.21. The summed E-state index contributed by atoms with van der Waals surface area (Å²) in [6.07, 6.45) is 2.08. The lowest BCUT2D eigenvalue weighted by Gasteiger charge is -2.36. The van der Waals surface area contributed by atoms with Crippen molar-refractivity contribution >= 4 is 46.2 Å². The van der Waals surface area contributed by atoms with Crippen molar-refractivity contribution in [2.75, 3.05) is 5.32 Å². The molecule has 0 saturated carbocycles. The predicted molar refractivity (Wildman–Crippen MR) is 94.0 cm³/mol. The van der Waals surface area contributed by atoms with Crippen molar-refractivity contribution < 1.29 is 0 Å². The molecule has 0 saturated heterocycles. The summed E-state index contributed by atoms with van der Waals surface area (Å²) in [6, 6.07) is 6.13. The highest BCUT2D eigenvalue weighted by molar-refractivity contribution is 7.80. The van der Waals surface area contributed by atoms with E-state index in [0.717, 1.165) is 18.5 Å². The van der Waals surface area contributed by atoms with Gasteiger partial charge in [0.25, 0.3) is 0 Å². The van der Waals surface area contributed by atoms with Crippen LogP contribution in [0.25, 0.3) is 0 Å². The molecule has 0 spiro atoms. The van der Waals surface area contributed by atoms with Crippen LogP contribution in [0.3, 0.4) is 0 Å². The summed E-state index contributed by atoms with van der Waals surface area (Å²) in [4.78, 5) is 2.24. The molecule has 0 aliphatic heterocycles. The highest BCUT2D eigenvalue weighted by Crippen LogP contribution is 2.26. The molecule has 0 aliphatic carbocycles. The van der Waals surface area contributed by atoms with Gasteiger partial charge >= 0.3 is 0 Å². The second-order valence-electron chi connectivity index (χ2n) is 4.98. The fourth-order valence-electron chi connectivity index (χ4n) is 2.00. The van der Waals surface area contributed by atoms with Crippen molar-refractivity contribution in [3.8, 4) is 0 Å². The molecule has 1 aromatic carbocycles. The summed E-state index contributed by atoms with van der Waals surface area (Å²) in [6.45, 7) is 8.70. The van der Waals surface area contributed by atoms with E-state index in [4.69, 9.17) is 35.4 Å². The first kappa shape index (κ1) is 17.5. The summed E-state index contributed by atoms with van der Waals surface area (Å²) in [5.74, 6) is 0. The monoisotopic (exact) mass is 332 g/mol. The fraction of sp³-hybridized carbons (Fsp3) is 0.533. The molecule has 20 heavy (non-hydrogen) atoms. The van der Waals surface area contributed by atoms with Crippen molar-refractivity contribution in [1.29, 1.82) is 0 Å². The van der Waals surface area contributed by atoms with Gasteiger partial charge in [0.1, 0.15) is 0 Å². The van der Waals surface area contributed by atoms with Gasteiger partial charge in [0.15, 0.2) is 5.11 Å². The molecule has 2 unspecified atom stereocenters. The molecule has 1 N–H and O–H groups in total. The Hall–Kier alpha value is -0.510. The topological polar surface area (TPSA) is 15.3 Å². The summed E-state index contributed by atoms with van der Waals surface area (Å²) in [7, 11) is 0. The number of rotatable bonds is 5. The number of halogens is 2. The highest BCUT2D eigenvalue weighted by atomic mass is 35.5. The Morgan fingerprint density at radius 1 is 1.20 bits per heavy atom. The van der Waals surface area contributed by atoms with Crippen LogP contribution in [-0.4, -0.2) is 22.1 Å².